The average Bonchev–Trinajstić information content (AvgIpc) is 2.55. The molecule has 122 valence electrons. The number of hydrogen-bond donors (Lipinski definition) is 2. The summed E-state index contributed by atoms with van der Waals surface area (Å²) < 4.78 is 0. The second-order valence-electron chi connectivity index (χ2n) is 4.46. The quantitative estimate of drug-likeness (QED) is 0.371. The van der Waals surface area contributed by atoms with Gasteiger partial charge in [-0.05, 0) is 18.2 Å². The van der Waals surface area contributed by atoms with E-state index in [0.717, 1.165) is 18.3 Å². The molecule has 2 rings (SSSR count). The molecule has 2 aromatic carbocycles. The summed E-state index contributed by atoms with van der Waals surface area (Å²) in [6.45, 7) is 0. The van der Waals surface area contributed by atoms with Gasteiger partial charge in [0.15, 0.2) is 0 Å². The number of para-hydroxylation sites is 1. The molecule has 10 heteroatoms. The third-order valence-corrected chi connectivity index (χ3v) is 2.81. The van der Waals surface area contributed by atoms with Gasteiger partial charge >= 0.3 is 0 Å². The number of benzene rings is 2. The summed E-state index contributed by atoms with van der Waals surface area (Å²) in [7, 11) is 0. The van der Waals surface area contributed by atoms with E-state index in [0.29, 0.717) is 5.69 Å². The number of non-ortho nitro benzene ring substituents is 1. The lowest BCUT2D eigenvalue weighted by Gasteiger charge is -2.00. The molecule has 0 aliphatic carbocycles. The molecule has 24 heavy (non-hydrogen) atoms. The number of nitro groups is 2. The summed E-state index contributed by atoms with van der Waals surface area (Å²) in [4.78, 5) is 24.2. The molecule has 0 spiro atoms. The van der Waals surface area contributed by atoms with Gasteiger partial charge in [0, 0.05) is 6.07 Å². The Hall–Kier alpha value is -3.82. The van der Waals surface area contributed by atoms with E-state index < -0.39 is 15.5 Å². The molecule has 0 heterocycles. The number of aliphatic imine (C=N–C) groups is 1. The minimum atomic E-state index is -0.726. The van der Waals surface area contributed by atoms with Gasteiger partial charge < -0.3 is 5.73 Å². The van der Waals surface area contributed by atoms with Crippen molar-refractivity contribution in [2.75, 3.05) is 0 Å². The lowest BCUT2D eigenvalue weighted by Crippen LogP contribution is -2.26. The summed E-state index contributed by atoms with van der Waals surface area (Å²) in [6, 6.07) is 12.1. The largest absolute Gasteiger partial charge is 0.368 e. The van der Waals surface area contributed by atoms with Crippen molar-refractivity contribution >= 4 is 29.2 Å². The highest BCUT2D eigenvalue weighted by Gasteiger charge is 2.18. The Balaban J connectivity index is 2.15. The van der Waals surface area contributed by atoms with Gasteiger partial charge in [-0.3, -0.25) is 20.2 Å². The van der Waals surface area contributed by atoms with Crippen LogP contribution in [0.5, 0.6) is 0 Å². The van der Waals surface area contributed by atoms with E-state index in [1.54, 1.807) is 24.3 Å². The zero-order chi connectivity index (χ0) is 17.5. The van der Waals surface area contributed by atoms with E-state index in [9.17, 15) is 20.2 Å². The van der Waals surface area contributed by atoms with Crippen molar-refractivity contribution in [2.45, 2.75) is 0 Å². The molecule has 0 unspecified atom stereocenters. The fraction of sp³-hybridized carbons (Fsp3) is 0. The molecule has 2 aromatic rings. The van der Waals surface area contributed by atoms with Crippen LogP contribution in [-0.2, 0) is 0 Å². The first kappa shape index (κ1) is 16.5. The van der Waals surface area contributed by atoms with E-state index in [2.05, 4.69) is 15.5 Å². The van der Waals surface area contributed by atoms with Crippen LogP contribution in [0.3, 0.4) is 0 Å². The van der Waals surface area contributed by atoms with E-state index in [-0.39, 0.29) is 17.2 Å². The number of nitro benzene ring substituents is 2. The maximum atomic E-state index is 11.0. The molecule has 3 N–H and O–H groups in total. The monoisotopic (exact) mass is 328 g/mol. The van der Waals surface area contributed by atoms with Crippen molar-refractivity contribution in [1.82, 2.24) is 5.43 Å². The maximum Gasteiger partial charge on any atom is 0.285 e. The highest BCUT2D eigenvalue weighted by molar-refractivity contribution is 5.88. The molecule has 0 saturated carbocycles. The van der Waals surface area contributed by atoms with Crippen LogP contribution >= 0.6 is 0 Å². The van der Waals surface area contributed by atoms with Gasteiger partial charge in [0.05, 0.1) is 33.4 Å². The summed E-state index contributed by atoms with van der Waals surface area (Å²) in [6.07, 6.45) is 1.13. The van der Waals surface area contributed by atoms with E-state index >= 15 is 0 Å². The third-order valence-electron chi connectivity index (χ3n) is 2.81. The summed E-state index contributed by atoms with van der Waals surface area (Å²) in [5.74, 6) is -0.0120. The van der Waals surface area contributed by atoms with Crippen molar-refractivity contribution in [2.24, 2.45) is 15.8 Å². The van der Waals surface area contributed by atoms with Gasteiger partial charge in [0.25, 0.3) is 11.4 Å². The average molecular weight is 328 g/mol. The Morgan fingerprint density at radius 1 is 1.08 bits per heavy atom. The van der Waals surface area contributed by atoms with E-state index in [1.165, 1.54) is 6.07 Å². The summed E-state index contributed by atoms with van der Waals surface area (Å²) in [5, 5.41) is 25.4. The van der Waals surface area contributed by atoms with Crippen molar-refractivity contribution < 1.29 is 9.85 Å². The number of nitrogens with zero attached hydrogens (tertiary/aromatic N) is 4. The number of rotatable bonds is 5. The predicted octanol–water partition coefficient (Wildman–Crippen LogP) is 2.07. The fourth-order valence-electron chi connectivity index (χ4n) is 1.75. The van der Waals surface area contributed by atoms with E-state index in [1.807, 2.05) is 6.07 Å². The molecular weight excluding hydrogens is 316 g/mol. The predicted molar refractivity (Wildman–Crippen MR) is 88.2 cm³/mol. The highest BCUT2D eigenvalue weighted by atomic mass is 16.6. The normalized spacial score (nSPS) is 11.4. The zero-order valence-electron chi connectivity index (χ0n) is 12.2. The smallest absolute Gasteiger partial charge is 0.285 e. The standard InChI is InChI=1S/C14H12N6O4/c15-14(17-11-4-2-1-3-5-11)18-16-9-10-6-7-12(19(21)22)8-13(10)20(23)24/h1-9H,(H3,15,17,18)/b16-9+. The van der Waals surface area contributed by atoms with Crippen molar-refractivity contribution in [3.05, 3.63) is 74.3 Å². The zero-order valence-corrected chi connectivity index (χ0v) is 12.2. The number of nitrogens with two attached hydrogens (primary N) is 1. The molecule has 0 radical (unpaired) electrons. The first-order chi connectivity index (χ1) is 11.5. The molecule has 0 amide bonds. The Kier molecular flexibility index (Phi) is 5.13. The molecule has 10 nitrogen and oxygen atoms in total. The number of nitrogens with one attached hydrogen (secondary N) is 1. The molecule has 0 saturated heterocycles. The molecule has 0 aromatic heterocycles. The van der Waals surface area contributed by atoms with Crippen molar-refractivity contribution in [3.8, 4) is 0 Å². The maximum absolute atomic E-state index is 11.0. The lowest BCUT2D eigenvalue weighted by atomic mass is 10.2. The van der Waals surface area contributed by atoms with Crippen LogP contribution in [0.15, 0.2) is 58.6 Å². The first-order valence-electron chi connectivity index (χ1n) is 6.58. The second kappa shape index (κ2) is 7.45. The van der Waals surface area contributed by atoms with Crippen molar-refractivity contribution in [3.63, 3.8) is 0 Å². The Morgan fingerprint density at radius 2 is 1.79 bits per heavy atom. The van der Waals surface area contributed by atoms with Gasteiger partial charge in [-0.15, -0.1) is 0 Å². The first-order valence-corrected chi connectivity index (χ1v) is 6.58. The number of hydrogen-bond acceptors (Lipinski definition) is 6. The van der Waals surface area contributed by atoms with Crippen LogP contribution in [0.4, 0.5) is 17.1 Å². The summed E-state index contributed by atoms with van der Waals surface area (Å²) in [5.41, 5.74) is 7.94. The molecule has 0 atom stereocenters. The third kappa shape index (κ3) is 4.34. The minimum Gasteiger partial charge on any atom is -0.368 e. The Morgan fingerprint density at radius 3 is 2.42 bits per heavy atom. The Labute approximate surface area is 135 Å². The van der Waals surface area contributed by atoms with Crippen LogP contribution in [0, 0.1) is 20.2 Å². The van der Waals surface area contributed by atoms with Gasteiger partial charge in [-0.1, -0.05) is 18.2 Å². The fourth-order valence-corrected chi connectivity index (χ4v) is 1.75. The van der Waals surface area contributed by atoms with Gasteiger partial charge in [-0.25, -0.2) is 10.4 Å². The van der Waals surface area contributed by atoms with Crippen molar-refractivity contribution in [1.29, 1.82) is 0 Å². The van der Waals surface area contributed by atoms with Crippen LogP contribution < -0.4 is 11.2 Å². The molecule has 0 bridgehead atoms. The molecular formula is C14H12N6O4. The van der Waals surface area contributed by atoms with Crippen LogP contribution in [0.25, 0.3) is 0 Å². The highest BCUT2D eigenvalue weighted by Crippen LogP contribution is 2.23. The van der Waals surface area contributed by atoms with Crippen LogP contribution in [0.1, 0.15) is 5.56 Å². The molecule has 0 aliphatic rings. The minimum absolute atomic E-state index is 0.0120. The van der Waals surface area contributed by atoms with Gasteiger partial charge in [0.1, 0.15) is 0 Å². The van der Waals surface area contributed by atoms with Crippen LogP contribution in [0.2, 0.25) is 0 Å². The number of guanidine groups is 1. The Bertz CT molecular complexity index is 819. The SMILES string of the molecule is NC(=Nc1ccccc1)N/N=C/c1ccc([N+](=O)[O-])cc1[N+](=O)[O-]. The van der Waals surface area contributed by atoms with Crippen LogP contribution in [-0.4, -0.2) is 22.0 Å². The van der Waals surface area contributed by atoms with E-state index in [4.69, 9.17) is 5.73 Å². The second-order valence-corrected chi connectivity index (χ2v) is 4.46. The lowest BCUT2D eigenvalue weighted by molar-refractivity contribution is -0.394. The van der Waals surface area contributed by atoms with Gasteiger partial charge in [0.2, 0.25) is 5.96 Å². The molecule has 0 aliphatic heterocycles. The van der Waals surface area contributed by atoms with Gasteiger partial charge in [-0.2, -0.15) is 5.10 Å². The molecule has 0 fully saturated rings. The topological polar surface area (TPSA) is 149 Å². The summed E-state index contributed by atoms with van der Waals surface area (Å²) >= 11 is 0. The number of hydrazone groups is 1.